The molecule has 0 aliphatic carbocycles. The number of amides is 2. The van der Waals surface area contributed by atoms with Gasteiger partial charge in [0.05, 0.1) is 7.11 Å². The van der Waals surface area contributed by atoms with Crippen molar-refractivity contribution in [3.05, 3.63) is 58.6 Å². The van der Waals surface area contributed by atoms with E-state index in [1.165, 1.54) is 0 Å². The predicted molar refractivity (Wildman–Crippen MR) is 105 cm³/mol. The number of ether oxygens (including phenoxy) is 2. The molecule has 1 fully saturated rings. The Kier molecular flexibility index (Phi) is 5.13. The highest BCUT2D eigenvalue weighted by atomic mass is 35.5. The summed E-state index contributed by atoms with van der Waals surface area (Å²) in [6.45, 7) is 1.97. The van der Waals surface area contributed by atoms with E-state index in [2.05, 4.69) is 0 Å². The van der Waals surface area contributed by atoms with E-state index >= 15 is 0 Å². The molecule has 2 amide bonds. The highest BCUT2D eigenvalue weighted by molar-refractivity contribution is 6.30. The van der Waals surface area contributed by atoms with Gasteiger partial charge in [0.25, 0.3) is 11.8 Å². The monoisotopic (exact) mass is 400 g/mol. The molecule has 2 aromatic rings. The van der Waals surface area contributed by atoms with Crippen LogP contribution in [0.3, 0.4) is 0 Å². The molecular weight excluding hydrogens is 380 g/mol. The Morgan fingerprint density at radius 3 is 2.57 bits per heavy atom. The summed E-state index contributed by atoms with van der Waals surface area (Å²) < 4.78 is 11.0. The molecule has 6 nitrogen and oxygen atoms in total. The minimum absolute atomic E-state index is 0.0409. The smallest absolute Gasteiger partial charge is 0.264 e. The van der Waals surface area contributed by atoms with Crippen molar-refractivity contribution in [3.8, 4) is 11.5 Å². The number of nitrogens with zero attached hydrogens (tertiary/aromatic N) is 2. The van der Waals surface area contributed by atoms with Gasteiger partial charge in [0.1, 0.15) is 11.5 Å². The SMILES string of the molecule is COc1cccc(C(=O)N2CCN(C(=O)C3Cc4cc(Cl)ccc4O3)CC2)c1. The molecule has 1 atom stereocenters. The number of rotatable bonds is 3. The van der Waals surface area contributed by atoms with Crippen LogP contribution in [0.25, 0.3) is 0 Å². The lowest BCUT2D eigenvalue weighted by Gasteiger charge is -2.35. The summed E-state index contributed by atoms with van der Waals surface area (Å²) in [5, 5.41) is 0.639. The quantitative estimate of drug-likeness (QED) is 0.794. The molecule has 0 bridgehead atoms. The molecule has 0 saturated carbocycles. The maximum absolute atomic E-state index is 12.8. The van der Waals surface area contributed by atoms with E-state index in [4.69, 9.17) is 21.1 Å². The van der Waals surface area contributed by atoms with Gasteiger partial charge in [-0.15, -0.1) is 0 Å². The van der Waals surface area contributed by atoms with E-state index in [1.807, 2.05) is 6.07 Å². The molecule has 2 aliphatic heterocycles. The van der Waals surface area contributed by atoms with E-state index in [0.29, 0.717) is 48.9 Å². The van der Waals surface area contributed by atoms with Crippen LogP contribution in [0.1, 0.15) is 15.9 Å². The number of carbonyl (C=O) groups is 2. The van der Waals surface area contributed by atoms with Crippen LogP contribution >= 0.6 is 11.6 Å². The Labute approximate surface area is 168 Å². The van der Waals surface area contributed by atoms with E-state index in [-0.39, 0.29) is 11.8 Å². The second kappa shape index (κ2) is 7.72. The summed E-state index contributed by atoms with van der Waals surface area (Å²) in [5.74, 6) is 1.28. The molecule has 0 N–H and O–H groups in total. The molecule has 1 unspecified atom stereocenters. The molecule has 28 heavy (non-hydrogen) atoms. The number of hydrogen-bond donors (Lipinski definition) is 0. The maximum Gasteiger partial charge on any atom is 0.264 e. The summed E-state index contributed by atoms with van der Waals surface area (Å²) >= 11 is 6.02. The maximum atomic E-state index is 12.8. The fourth-order valence-corrected chi connectivity index (χ4v) is 3.82. The van der Waals surface area contributed by atoms with Crippen LogP contribution in [0.5, 0.6) is 11.5 Å². The van der Waals surface area contributed by atoms with Gasteiger partial charge in [-0.1, -0.05) is 17.7 Å². The van der Waals surface area contributed by atoms with Crippen LogP contribution in [-0.2, 0) is 11.2 Å². The molecule has 1 saturated heterocycles. The lowest BCUT2D eigenvalue weighted by Crippen LogP contribution is -2.53. The molecule has 146 valence electrons. The third-order valence-electron chi connectivity index (χ3n) is 5.17. The van der Waals surface area contributed by atoms with Crippen molar-refractivity contribution >= 4 is 23.4 Å². The molecule has 0 radical (unpaired) electrons. The second-order valence-corrected chi connectivity index (χ2v) is 7.35. The van der Waals surface area contributed by atoms with Crippen molar-refractivity contribution in [1.29, 1.82) is 0 Å². The second-order valence-electron chi connectivity index (χ2n) is 6.91. The highest BCUT2D eigenvalue weighted by Gasteiger charge is 2.34. The summed E-state index contributed by atoms with van der Waals surface area (Å²) in [7, 11) is 1.57. The van der Waals surface area contributed by atoms with Crippen LogP contribution in [0.2, 0.25) is 5.02 Å². The largest absolute Gasteiger partial charge is 0.497 e. The fourth-order valence-electron chi connectivity index (χ4n) is 3.63. The average Bonchev–Trinajstić information content (AvgIpc) is 3.16. The van der Waals surface area contributed by atoms with Crippen molar-refractivity contribution in [2.24, 2.45) is 0 Å². The van der Waals surface area contributed by atoms with Crippen molar-refractivity contribution in [2.75, 3.05) is 33.3 Å². The fraction of sp³-hybridized carbons (Fsp3) is 0.333. The number of piperazine rings is 1. The minimum atomic E-state index is -0.519. The van der Waals surface area contributed by atoms with Gasteiger partial charge in [-0.05, 0) is 42.0 Å². The molecule has 0 aromatic heterocycles. The molecular formula is C21H21ClN2O4. The number of fused-ring (bicyclic) bond motifs is 1. The number of halogens is 1. The Morgan fingerprint density at radius 2 is 1.82 bits per heavy atom. The van der Waals surface area contributed by atoms with Crippen molar-refractivity contribution in [1.82, 2.24) is 9.80 Å². The lowest BCUT2D eigenvalue weighted by atomic mass is 10.1. The van der Waals surface area contributed by atoms with Gasteiger partial charge in [0.2, 0.25) is 0 Å². The summed E-state index contributed by atoms with van der Waals surface area (Å²) in [4.78, 5) is 29.1. The summed E-state index contributed by atoms with van der Waals surface area (Å²) in [5.41, 5.74) is 1.54. The standard InChI is InChI=1S/C21H21ClN2O4/c1-27-17-4-2-3-14(12-17)20(25)23-7-9-24(10-8-23)21(26)19-13-15-11-16(22)5-6-18(15)28-19/h2-6,11-12,19H,7-10,13H2,1H3. The van der Waals surface area contributed by atoms with Crippen molar-refractivity contribution in [3.63, 3.8) is 0 Å². The normalized spacial score (nSPS) is 18.4. The Hall–Kier alpha value is -2.73. The van der Waals surface area contributed by atoms with Crippen molar-refractivity contribution < 1.29 is 19.1 Å². The summed E-state index contributed by atoms with van der Waals surface area (Å²) in [6, 6.07) is 12.5. The first-order valence-electron chi connectivity index (χ1n) is 9.22. The zero-order valence-corrected chi connectivity index (χ0v) is 16.3. The Morgan fingerprint density at radius 1 is 1.07 bits per heavy atom. The third-order valence-corrected chi connectivity index (χ3v) is 5.40. The molecule has 2 aromatic carbocycles. The zero-order valence-electron chi connectivity index (χ0n) is 15.6. The van der Waals surface area contributed by atoms with Gasteiger partial charge >= 0.3 is 0 Å². The first-order chi connectivity index (χ1) is 13.5. The van der Waals surface area contributed by atoms with E-state index in [9.17, 15) is 9.59 Å². The van der Waals surface area contributed by atoms with Gasteiger partial charge in [-0.3, -0.25) is 9.59 Å². The van der Waals surface area contributed by atoms with Gasteiger partial charge in [-0.2, -0.15) is 0 Å². The predicted octanol–water partition coefficient (Wildman–Crippen LogP) is 2.64. The number of benzene rings is 2. The molecule has 0 spiro atoms. The number of carbonyl (C=O) groups excluding carboxylic acids is 2. The number of hydrogen-bond acceptors (Lipinski definition) is 4. The van der Waals surface area contributed by atoms with E-state index in [0.717, 1.165) is 11.3 Å². The van der Waals surface area contributed by atoms with Gasteiger partial charge < -0.3 is 19.3 Å². The van der Waals surface area contributed by atoms with E-state index < -0.39 is 6.10 Å². The zero-order chi connectivity index (χ0) is 19.7. The molecule has 7 heteroatoms. The van der Waals surface area contributed by atoms with Crippen molar-refractivity contribution in [2.45, 2.75) is 12.5 Å². The Balaban J connectivity index is 1.35. The molecule has 2 aliphatic rings. The van der Waals surface area contributed by atoms with Gasteiger partial charge in [0, 0.05) is 43.2 Å². The highest BCUT2D eigenvalue weighted by Crippen LogP contribution is 2.31. The minimum Gasteiger partial charge on any atom is -0.497 e. The summed E-state index contributed by atoms with van der Waals surface area (Å²) in [6.07, 6.45) is 0.00613. The number of methoxy groups -OCH3 is 1. The van der Waals surface area contributed by atoms with Crippen LogP contribution in [0, 0.1) is 0 Å². The van der Waals surface area contributed by atoms with Crippen LogP contribution in [0.15, 0.2) is 42.5 Å². The molecule has 4 rings (SSSR count). The average molecular weight is 401 g/mol. The van der Waals surface area contributed by atoms with E-state index in [1.54, 1.807) is 53.3 Å². The first kappa shape index (κ1) is 18.6. The van der Waals surface area contributed by atoms with Crippen LogP contribution < -0.4 is 9.47 Å². The molecule has 2 heterocycles. The third kappa shape index (κ3) is 3.64. The van der Waals surface area contributed by atoms with Crippen LogP contribution in [0.4, 0.5) is 0 Å². The first-order valence-corrected chi connectivity index (χ1v) is 9.60. The Bertz CT molecular complexity index is 909. The topological polar surface area (TPSA) is 59.1 Å². The van der Waals surface area contributed by atoms with Gasteiger partial charge in [-0.25, -0.2) is 0 Å². The van der Waals surface area contributed by atoms with Gasteiger partial charge in [0.15, 0.2) is 6.10 Å². The lowest BCUT2D eigenvalue weighted by molar-refractivity contribution is -0.139. The van der Waals surface area contributed by atoms with Crippen LogP contribution in [-0.4, -0.2) is 61.0 Å².